The Morgan fingerprint density at radius 3 is 3.12 bits per heavy atom. The van der Waals surface area contributed by atoms with Crippen LogP contribution in [0.5, 0.6) is 0 Å². The van der Waals surface area contributed by atoms with E-state index in [1.54, 1.807) is 19.4 Å². The molecule has 1 saturated carbocycles. The summed E-state index contributed by atoms with van der Waals surface area (Å²) in [5.41, 5.74) is 6.63. The lowest BCUT2D eigenvalue weighted by Crippen LogP contribution is -2.35. The van der Waals surface area contributed by atoms with Gasteiger partial charge in [-0.2, -0.15) is 0 Å². The molecule has 0 aliphatic heterocycles. The molecule has 0 bridgehead atoms. The molecule has 2 rings (SSSR count). The van der Waals surface area contributed by atoms with E-state index >= 15 is 0 Å². The van der Waals surface area contributed by atoms with Gasteiger partial charge in [-0.05, 0) is 19.8 Å². The van der Waals surface area contributed by atoms with E-state index in [1.807, 2.05) is 0 Å². The number of imidazole rings is 1. The number of alkyl carbamates (subject to hydrolysis) is 1. The molecule has 3 N–H and O–H groups in total. The van der Waals surface area contributed by atoms with Crippen LogP contribution in [-0.4, -0.2) is 28.8 Å². The van der Waals surface area contributed by atoms with Gasteiger partial charge in [0.05, 0.1) is 30.9 Å². The van der Waals surface area contributed by atoms with Gasteiger partial charge in [0.1, 0.15) is 0 Å². The van der Waals surface area contributed by atoms with Crippen LogP contribution in [-0.2, 0) is 4.74 Å². The Hall–Kier alpha value is -1.56. The zero-order chi connectivity index (χ0) is 12.3. The third-order valence-corrected chi connectivity index (χ3v) is 2.80. The standard InChI is InChI=1S/C11H18N4O2/c1-2-17-11(16)14-9(5-12)10-6-13-7-15(10)8-3-4-8/h6-9H,2-5,12H2,1H3,(H,14,16). The summed E-state index contributed by atoms with van der Waals surface area (Å²) in [5, 5.41) is 2.75. The van der Waals surface area contributed by atoms with Crippen molar-refractivity contribution in [1.82, 2.24) is 14.9 Å². The number of carbonyl (C=O) groups is 1. The summed E-state index contributed by atoms with van der Waals surface area (Å²) in [6, 6.07) is 0.280. The lowest BCUT2D eigenvalue weighted by atomic mass is 10.2. The highest BCUT2D eigenvalue weighted by atomic mass is 16.5. The molecule has 0 aromatic carbocycles. The van der Waals surface area contributed by atoms with E-state index in [0.717, 1.165) is 5.69 Å². The van der Waals surface area contributed by atoms with E-state index in [9.17, 15) is 4.79 Å². The van der Waals surface area contributed by atoms with Crippen molar-refractivity contribution in [2.24, 2.45) is 5.73 Å². The Kier molecular flexibility index (Phi) is 3.63. The van der Waals surface area contributed by atoms with Gasteiger partial charge in [0.2, 0.25) is 0 Å². The molecule has 0 saturated heterocycles. The maximum absolute atomic E-state index is 11.4. The van der Waals surface area contributed by atoms with Gasteiger partial charge >= 0.3 is 6.09 Å². The van der Waals surface area contributed by atoms with E-state index in [2.05, 4.69) is 14.9 Å². The SMILES string of the molecule is CCOC(=O)NC(CN)c1cncn1C1CC1. The molecule has 1 aromatic rings. The number of rotatable bonds is 5. The Morgan fingerprint density at radius 2 is 2.53 bits per heavy atom. The Morgan fingerprint density at radius 1 is 1.76 bits per heavy atom. The molecule has 0 radical (unpaired) electrons. The molecule has 1 heterocycles. The number of hydrogen-bond acceptors (Lipinski definition) is 4. The molecule has 1 aliphatic carbocycles. The second-order valence-corrected chi connectivity index (χ2v) is 4.11. The van der Waals surface area contributed by atoms with Crippen LogP contribution in [0.15, 0.2) is 12.5 Å². The highest BCUT2D eigenvalue weighted by Gasteiger charge is 2.28. The Balaban J connectivity index is 2.06. The van der Waals surface area contributed by atoms with Crippen molar-refractivity contribution >= 4 is 6.09 Å². The second kappa shape index (κ2) is 5.18. The molecule has 1 unspecified atom stereocenters. The molecule has 17 heavy (non-hydrogen) atoms. The van der Waals surface area contributed by atoms with Gasteiger partial charge in [0.15, 0.2) is 0 Å². The Bertz CT molecular complexity index is 387. The lowest BCUT2D eigenvalue weighted by Gasteiger charge is -2.18. The van der Waals surface area contributed by atoms with E-state index in [4.69, 9.17) is 10.5 Å². The van der Waals surface area contributed by atoms with Crippen molar-refractivity contribution in [3.8, 4) is 0 Å². The number of nitrogens with two attached hydrogens (primary N) is 1. The van der Waals surface area contributed by atoms with Crippen molar-refractivity contribution in [3.63, 3.8) is 0 Å². The molecule has 1 amide bonds. The lowest BCUT2D eigenvalue weighted by molar-refractivity contribution is 0.148. The minimum Gasteiger partial charge on any atom is -0.450 e. The number of hydrogen-bond donors (Lipinski definition) is 2. The van der Waals surface area contributed by atoms with Crippen molar-refractivity contribution in [2.45, 2.75) is 31.8 Å². The van der Waals surface area contributed by atoms with Crippen LogP contribution in [0.3, 0.4) is 0 Å². The van der Waals surface area contributed by atoms with Gasteiger partial charge < -0.3 is 20.4 Å². The van der Waals surface area contributed by atoms with Gasteiger partial charge in [0, 0.05) is 12.6 Å². The van der Waals surface area contributed by atoms with Crippen molar-refractivity contribution in [2.75, 3.05) is 13.2 Å². The Labute approximate surface area is 100 Å². The summed E-state index contributed by atoms with van der Waals surface area (Å²) in [5.74, 6) is 0. The first-order valence-corrected chi connectivity index (χ1v) is 5.91. The van der Waals surface area contributed by atoms with Crippen molar-refractivity contribution in [1.29, 1.82) is 0 Å². The molecule has 1 atom stereocenters. The number of amides is 1. The molecule has 1 aromatic heterocycles. The fraction of sp³-hybridized carbons (Fsp3) is 0.636. The molecule has 6 nitrogen and oxygen atoms in total. The number of nitrogens with zero attached hydrogens (tertiary/aromatic N) is 2. The van der Waals surface area contributed by atoms with Crippen LogP contribution in [0.1, 0.15) is 37.5 Å². The molecule has 1 fully saturated rings. The third-order valence-electron chi connectivity index (χ3n) is 2.80. The first-order valence-electron chi connectivity index (χ1n) is 5.91. The van der Waals surface area contributed by atoms with Crippen molar-refractivity contribution < 1.29 is 9.53 Å². The highest BCUT2D eigenvalue weighted by Crippen LogP contribution is 2.36. The van der Waals surface area contributed by atoms with Gasteiger partial charge in [0.25, 0.3) is 0 Å². The van der Waals surface area contributed by atoms with Crippen LogP contribution in [0.4, 0.5) is 4.79 Å². The molecule has 0 spiro atoms. The number of nitrogens with one attached hydrogen (secondary N) is 1. The molecule has 6 heteroatoms. The third kappa shape index (κ3) is 2.76. The molecule has 1 aliphatic rings. The maximum Gasteiger partial charge on any atom is 0.407 e. The average molecular weight is 238 g/mol. The fourth-order valence-electron chi connectivity index (χ4n) is 1.81. The normalized spacial score (nSPS) is 16.6. The van der Waals surface area contributed by atoms with Crippen LogP contribution in [0.25, 0.3) is 0 Å². The predicted octanol–water partition coefficient (Wildman–Crippen LogP) is 0.964. The minimum absolute atomic E-state index is 0.239. The molecular formula is C11H18N4O2. The van der Waals surface area contributed by atoms with Crippen LogP contribution < -0.4 is 11.1 Å². The van der Waals surface area contributed by atoms with Crippen LogP contribution in [0.2, 0.25) is 0 Å². The zero-order valence-electron chi connectivity index (χ0n) is 9.93. The van der Waals surface area contributed by atoms with Crippen LogP contribution in [0, 0.1) is 0 Å². The first kappa shape index (κ1) is 11.9. The summed E-state index contributed by atoms with van der Waals surface area (Å²) in [6.45, 7) is 2.45. The predicted molar refractivity (Wildman–Crippen MR) is 62.5 cm³/mol. The number of carbonyl (C=O) groups excluding carboxylic acids is 1. The van der Waals surface area contributed by atoms with Crippen molar-refractivity contribution in [3.05, 3.63) is 18.2 Å². The minimum atomic E-state index is -0.438. The van der Waals surface area contributed by atoms with E-state index in [0.29, 0.717) is 19.2 Å². The summed E-state index contributed by atoms with van der Waals surface area (Å²) in [6.07, 6.45) is 5.44. The molecular weight excluding hydrogens is 220 g/mol. The number of aromatic nitrogens is 2. The maximum atomic E-state index is 11.4. The van der Waals surface area contributed by atoms with Gasteiger partial charge in [-0.3, -0.25) is 0 Å². The van der Waals surface area contributed by atoms with Crippen LogP contribution >= 0.6 is 0 Å². The highest BCUT2D eigenvalue weighted by molar-refractivity contribution is 5.67. The second-order valence-electron chi connectivity index (χ2n) is 4.11. The average Bonchev–Trinajstić information content (AvgIpc) is 3.05. The summed E-state index contributed by atoms with van der Waals surface area (Å²) in [4.78, 5) is 15.5. The topological polar surface area (TPSA) is 82.2 Å². The largest absolute Gasteiger partial charge is 0.450 e. The summed E-state index contributed by atoms with van der Waals surface area (Å²) < 4.78 is 6.94. The number of ether oxygens (including phenoxy) is 1. The fourth-order valence-corrected chi connectivity index (χ4v) is 1.81. The monoisotopic (exact) mass is 238 g/mol. The van der Waals surface area contributed by atoms with Gasteiger partial charge in [-0.25, -0.2) is 9.78 Å². The van der Waals surface area contributed by atoms with Gasteiger partial charge in [-0.15, -0.1) is 0 Å². The van der Waals surface area contributed by atoms with E-state index < -0.39 is 6.09 Å². The van der Waals surface area contributed by atoms with E-state index in [1.165, 1.54) is 12.8 Å². The first-order chi connectivity index (χ1) is 8.26. The molecule has 94 valence electrons. The summed E-state index contributed by atoms with van der Waals surface area (Å²) in [7, 11) is 0. The smallest absolute Gasteiger partial charge is 0.407 e. The quantitative estimate of drug-likeness (QED) is 0.800. The van der Waals surface area contributed by atoms with E-state index in [-0.39, 0.29) is 6.04 Å². The summed E-state index contributed by atoms with van der Waals surface area (Å²) >= 11 is 0. The van der Waals surface area contributed by atoms with Gasteiger partial charge in [-0.1, -0.05) is 0 Å². The zero-order valence-corrected chi connectivity index (χ0v) is 9.93.